The molecule has 0 unspecified atom stereocenters. The Kier molecular flexibility index (Phi) is 7.55. The molecule has 3 rings (SSSR count). The molecular weight excluding hydrogens is 437 g/mol. The molecule has 0 aromatic heterocycles. The fourth-order valence-corrected chi connectivity index (χ4v) is 2.99. The van der Waals surface area contributed by atoms with Crippen LogP contribution in [-0.4, -0.2) is 19.7 Å². The summed E-state index contributed by atoms with van der Waals surface area (Å²) in [5, 5.41) is 10.6. The van der Waals surface area contributed by atoms with Crippen LogP contribution in [0.3, 0.4) is 0 Å². The lowest BCUT2D eigenvalue weighted by atomic mass is 10.0. The van der Waals surface area contributed by atoms with E-state index in [-0.39, 0.29) is 12.4 Å². The second-order valence-corrected chi connectivity index (χ2v) is 7.18. The summed E-state index contributed by atoms with van der Waals surface area (Å²) in [6.07, 6.45) is 1.71. The number of allylic oxidation sites excluding steroid dienone is 1. The van der Waals surface area contributed by atoms with E-state index in [0.29, 0.717) is 32.7 Å². The summed E-state index contributed by atoms with van der Waals surface area (Å²) in [6.45, 7) is -0.291. The summed E-state index contributed by atoms with van der Waals surface area (Å²) >= 11 is 11.8. The van der Waals surface area contributed by atoms with Crippen molar-refractivity contribution in [2.24, 2.45) is 0 Å². The maximum absolute atomic E-state index is 12.2. The molecule has 0 aliphatic carbocycles. The zero-order valence-corrected chi connectivity index (χ0v) is 18.0. The van der Waals surface area contributed by atoms with Crippen LogP contribution >= 0.6 is 23.2 Å². The number of methoxy groups -OCH3 is 1. The maximum atomic E-state index is 12.2. The monoisotopic (exact) mass is 453 g/mol. The highest BCUT2D eigenvalue weighted by atomic mass is 35.5. The fourth-order valence-electron chi connectivity index (χ4n) is 2.69. The van der Waals surface area contributed by atoms with Gasteiger partial charge in [0.25, 0.3) is 0 Å². The Labute approximate surface area is 190 Å². The van der Waals surface area contributed by atoms with E-state index in [0.717, 1.165) is 5.56 Å². The fraction of sp³-hybridized carbons (Fsp3) is 0.0833. The van der Waals surface area contributed by atoms with Gasteiger partial charge in [-0.3, -0.25) is 0 Å². The van der Waals surface area contributed by atoms with E-state index >= 15 is 0 Å². The summed E-state index contributed by atoms with van der Waals surface area (Å²) in [4.78, 5) is 12.2. The van der Waals surface area contributed by atoms with Crippen molar-refractivity contribution >= 4 is 40.8 Å². The number of benzene rings is 3. The third-order valence-corrected chi connectivity index (χ3v) is 4.64. The van der Waals surface area contributed by atoms with Gasteiger partial charge in [-0.1, -0.05) is 47.5 Å². The molecule has 156 valence electrons. The first-order valence-corrected chi connectivity index (χ1v) is 9.89. The smallest absolute Gasteiger partial charge is 0.349 e. The normalized spacial score (nSPS) is 10.8. The van der Waals surface area contributed by atoms with E-state index in [1.807, 2.05) is 0 Å². The Morgan fingerprint density at radius 2 is 1.77 bits per heavy atom. The van der Waals surface area contributed by atoms with Gasteiger partial charge in [0, 0.05) is 10.0 Å². The number of hydrogen-bond donors (Lipinski definition) is 0. The average Bonchev–Trinajstić information content (AvgIpc) is 2.77. The number of nitriles is 1. The minimum Gasteiger partial charge on any atom is -0.493 e. The first-order valence-electron chi connectivity index (χ1n) is 9.13. The lowest BCUT2D eigenvalue weighted by Crippen LogP contribution is -2.18. The lowest BCUT2D eigenvalue weighted by molar-refractivity contribution is -0.136. The van der Waals surface area contributed by atoms with E-state index in [4.69, 9.17) is 37.4 Å². The molecule has 0 saturated heterocycles. The number of halogens is 2. The number of nitrogens with zero attached hydrogens (tertiary/aromatic N) is 1. The van der Waals surface area contributed by atoms with Crippen molar-refractivity contribution in [2.75, 3.05) is 13.7 Å². The molecule has 0 saturated carbocycles. The van der Waals surface area contributed by atoms with Crippen molar-refractivity contribution in [3.05, 3.63) is 87.9 Å². The molecule has 0 radical (unpaired) electrons. The van der Waals surface area contributed by atoms with E-state index in [9.17, 15) is 10.1 Å². The molecule has 0 spiro atoms. The Morgan fingerprint density at radius 3 is 2.45 bits per heavy atom. The van der Waals surface area contributed by atoms with Crippen molar-refractivity contribution < 1.29 is 19.0 Å². The van der Waals surface area contributed by atoms with Crippen LogP contribution in [0.5, 0.6) is 17.2 Å². The molecule has 0 bridgehead atoms. The van der Waals surface area contributed by atoms with E-state index in [1.165, 1.54) is 7.11 Å². The lowest BCUT2D eigenvalue weighted by Gasteiger charge is -2.11. The second-order valence-electron chi connectivity index (χ2n) is 6.31. The van der Waals surface area contributed by atoms with Gasteiger partial charge in [0.15, 0.2) is 18.1 Å². The summed E-state index contributed by atoms with van der Waals surface area (Å²) in [6, 6.07) is 20.9. The van der Waals surface area contributed by atoms with E-state index in [1.54, 1.807) is 72.8 Å². The van der Waals surface area contributed by atoms with Crippen molar-refractivity contribution in [3.63, 3.8) is 0 Å². The molecule has 7 heteroatoms. The van der Waals surface area contributed by atoms with Gasteiger partial charge < -0.3 is 14.2 Å². The molecule has 0 heterocycles. The quantitative estimate of drug-likeness (QED) is 0.188. The van der Waals surface area contributed by atoms with Crippen LogP contribution in [0.4, 0.5) is 0 Å². The van der Waals surface area contributed by atoms with Crippen LogP contribution in [-0.2, 0) is 4.79 Å². The highest BCUT2D eigenvalue weighted by Crippen LogP contribution is 2.30. The zero-order valence-electron chi connectivity index (χ0n) is 16.5. The molecule has 31 heavy (non-hydrogen) atoms. The van der Waals surface area contributed by atoms with Gasteiger partial charge in [-0.25, -0.2) is 4.79 Å². The average molecular weight is 454 g/mol. The highest BCUT2D eigenvalue weighted by Gasteiger charge is 2.12. The topological polar surface area (TPSA) is 68.5 Å². The van der Waals surface area contributed by atoms with Crippen LogP contribution in [0.25, 0.3) is 11.6 Å². The first kappa shape index (κ1) is 22.2. The number of rotatable bonds is 7. The number of carbonyl (C=O) groups is 1. The van der Waals surface area contributed by atoms with Crippen LogP contribution < -0.4 is 14.2 Å². The summed E-state index contributed by atoms with van der Waals surface area (Å²) in [5.41, 5.74) is 1.90. The second kappa shape index (κ2) is 10.5. The molecule has 0 fully saturated rings. The predicted octanol–water partition coefficient (Wildman–Crippen LogP) is 6.05. The van der Waals surface area contributed by atoms with Gasteiger partial charge in [-0.15, -0.1) is 0 Å². The van der Waals surface area contributed by atoms with E-state index in [2.05, 4.69) is 6.07 Å². The largest absolute Gasteiger partial charge is 0.493 e. The predicted molar refractivity (Wildman–Crippen MR) is 121 cm³/mol. The molecule has 3 aromatic carbocycles. The van der Waals surface area contributed by atoms with Crippen molar-refractivity contribution in [1.82, 2.24) is 0 Å². The third kappa shape index (κ3) is 6.26. The minimum atomic E-state index is -0.597. The molecule has 0 aliphatic rings. The number of ether oxygens (including phenoxy) is 3. The highest BCUT2D eigenvalue weighted by molar-refractivity contribution is 6.31. The van der Waals surface area contributed by atoms with Gasteiger partial charge in [0.2, 0.25) is 0 Å². The Balaban J connectivity index is 1.72. The van der Waals surface area contributed by atoms with Gasteiger partial charge >= 0.3 is 5.97 Å². The Hall–Kier alpha value is -3.46. The van der Waals surface area contributed by atoms with Crippen LogP contribution in [0.2, 0.25) is 10.0 Å². The van der Waals surface area contributed by atoms with Crippen LogP contribution in [0, 0.1) is 11.3 Å². The minimum absolute atomic E-state index is 0.240. The zero-order chi connectivity index (χ0) is 22.2. The van der Waals surface area contributed by atoms with Gasteiger partial charge in [-0.05, 0) is 59.7 Å². The summed E-state index contributed by atoms with van der Waals surface area (Å²) in [7, 11) is 1.47. The van der Waals surface area contributed by atoms with Crippen molar-refractivity contribution in [1.29, 1.82) is 5.26 Å². The SMILES string of the molecule is COc1cc(C=C(C#N)c2ccc(Cl)cc2)ccc1OC(=O)COc1cccc(Cl)c1. The summed E-state index contributed by atoms with van der Waals surface area (Å²) in [5.74, 6) is 0.450. The standard InChI is InChI=1S/C24H17Cl2NO4/c1-29-23-12-16(11-18(14-27)17-6-8-19(25)9-7-17)5-10-22(23)31-24(28)15-30-21-4-2-3-20(26)13-21/h2-13H,15H2,1H3. The summed E-state index contributed by atoms with van der Waals surface area (Å²) < 4.78 is 16.1. The van der Waals surface area contributed by atoms with Gasteiger partial charge in [0.1, 0.15) is 5.75 Å². The Morgan fingerprint density at radius 1 is 1.00 bits per heavy atom. The number of hydrogen-bond acceptors (Lipinski definition) is 5. The van der Waals surface area contributed by atoms with Crippen LogP contribution in [0.1, 0.15) is 11.1 Å². The molecule has 3 aromatic rings. The third-order valence-electron chi connectivity index (χ3n) is 4.15. The van der Waals surface area contributed by atoms with Crippen LogP contribution in [0.15, 0.2) is 66.7 Å². The molecule has 0 aliphatic heterocycles. The molecule has 5 nitrogen and oxygen atoms in total. The van der Waals surface area contributed by atoms with Crippen molar-refractivity contribution in [3.8, 4) is 23.3 Å². The molecule has 0 amide bonds. The molecular formula is C24H17Cl2NO4. The maximum Gasteiger partial charge on any atom is 0.349 e. The van der Waals surface area contributed by atoms with Gasteiger partial charge in [-0.2, -0.15) is 5.26 Å². The number of carbonyl (C=O) groups excluding carboxylic acids is 1. The van der Waals surface area contributed by atoms with Gasteiger partial charge in [0.05, 0.1) is 18.8 Å². The molecule has 0 atom stereocenters. The van der Waals surface area contributed by atoms with E-state index < -0.39 is 5.97 Å². The first-order chi connectivity index (χ1) is 15.0. The number of esters is 1. The Bertz CT molecular complexity index is 1150. The van der Waals surface area contributed by atoms with Crippen molar-refractivity contribution in [2.45, 2.75) is 0 Å². The molecule has 0 N–H and O–H groups in total.